The van der Waals surface area contributed by atoms with Crippen LogP contribution in [-0.4, -0.2) is 35.9 Å². The molecule has 2 unspecified atom stereocenters. The second kappa shape index (κ2) is 8.84. The van der Waals surface area contributed by atoms with E-state index in [-0.39, 0.29) is 31.1 Å². The lowest BCUT2D eigenvalue weighted by molar-refractivity contribution is -0.142. The summed E-state index contributed by atoms with van der Waals surface area (Å²) in [5.41, 5.74) is 0.367. The molecule has 1 aromatic carbocycles. The molecule has 0 N–H and O–H groups in total. The number of carbonyl (C=O) groups excluding carboxylic acids is 3. The van der Waals surface area contributed by atoms with E-state index < -0.39 is 42.2 Å². The lowest BCUT2D eigenvalue weighted by atomic mass is 9.91. The van der Waals surface area contributed by atoms with Gasteiger partial charge in [0.2, 0.25) is 5.78 Å². The van der Waals surface area contributed by atoms with Gasteiger partial charge in [0.25, 0.3) is 0 Å². The van der Waals surface area contributed by atoms with Gasteiger partial charge in [0.05, 0.1) is 12.0 Å². The van der Waals surface area contributed by atoms with E-state index in [4.69, 9.17) is 9.47 Å². The normalized spacial score (nSPS) is 26.4. The maximum Gasteiger partial charge on any atom is 0.338 e. The fraction of sp³-hybridized carbons (Fsp3) is 0.500. The van der Waals surface area contributed by atoms with Crippen LogP contribution in [0.2, 0.25) is 0 Å². The van der Waals surface area contributed by atoms with E-state index in [1.807, 2.05) is 0 Å². The maximum atomic E-state index is 14.0. The number of rotatable bonds is 8. The molecule has 2 aliphatic rings. The fourth-order valence-electron chi connectivity index (χ4n) is 3.91. The number of fused-ring (bicyclic) bond motifs is 1. The number of ketones is 1. The molecule has 1 aliphatic heterocycles. The molecule has 3 rings (SSSR count). The van der Waals surface area contributed by atoms with Crippen molar-refractivity contribution < 1.29 is 32.6 Å². The first-order chi connectivity index (χ1) is 13.8. The number of hydrogen-bond acceptors (Lipinski definition) is 5. The largest absolute Gasteiger partial charge is 0.462 e. The Kier molecular flexibility index (Phi) is 6.45. The van der Waals surface area contributed by atoms with Crippen LogP contribution in [0.4, 0.5) is 8.78 Å². The van der Waals surface area contributed by atoms with Crippen molar-refractivity contribution in [1.82, 2.24) is 0 Å². The molecular weight excluding hydrogens is 382 g/mol. The van der Waals surface area contributed by atoms with Crippen molar-refractivity contribution in [2.24, 2.45) is 11.8 Å². The van der Waals surface area contributed by atoms with Crippen molar-refractivity contribution in [3.8, 4) is 0 Å². The summed E-state index contributed by atoms with van der Waals surface area (Å²) in [6.07, 6.45) is 1.84. The predicted molar refractivity (Wildman–Crippen MR) is 100 cm³/mol. The summed E-state index contributed by atoms with van der Waals surface area (Å²) in [7, 11) is 0. The summed E-state index contributed by atoms with van der Waals surface area (Å²) in [6, 6.07) is 8.40. The van der Waals surface area contributed by atoms with Gasteiger partial charge in [-0.1, -0.05) is 37.6 Å². The second-order valence-corrected chi connectivity index (χ2v) is 7.55. The van der Waals surface area contributed by atoms with E-state index in [0.717, 1.165) is 6.08 Å². The number of alkyl halides is 2. The first-order valence-electron chi connectivity index (χ1n) is 9.87. The zero-order chi connectivity index (χ0) is 21.0. The maximum absolute atomic E-state index is 14.0. The first kappa shape index (κ1) is 21.1. The number of hydrogen-bond donors (Lipinski definition) is 0. The number of allylic oxidation sites excluding steroid dienone is 1. The minimum Gasteiger partial charge on any atom is -0.462 e. The monoisotopic (exact) mass is 406 g/mol. The first-order valence-corrected chi connectivity index (χ1v) is 9.87. The van der Waals surface area contributed by atoms with Gasteiger partial charge in [-0.3, -0.25) is 9.59 Å². The highest BCUT2D eigenvalue weighted by Gasteiger charge is 2.51. The summed E-state index contributed by atoms with van der Waals surface area (Å²) in [5, 5.41) is 0. The molecule has 1 saturated heterocycles. The Balaban J connectivity index is 1.74. The Morgan fingerprint density at radius 3 is 2.69 bits per heavy atom. The second-order valence-electron chi connectivity index (χ2n) is 7.55. The van der Waals surface area contributed by atoms with Crippen molar-refractivity contribution in [2.45, 2.75) is 57.2 Å². The summed E-state index contributed by atoms with van der Waals surface area (Å²) in [4.78, 5) is 36.0. The standard InChI is InChI=1S/C22H24F2O5/c1-2-3-11-22(23,24)19(25)10-9-15-16-12-20(26)28-18(16)13-17(15)29-21(27)14-7-5-4-6-8-14/h4-10,15-18H,2-3,11-13H2,1H3/t15-,16-,17?,18?/m1/s1. The number of benzene rings is 1. The highest BCUT2D eigenvalue weighted by atomic mass is 19.3. The average molecular weight is 406 g/mol. The Morgan fingerprint density at radius 1 is 1.28 bits per heavy atom. The summed E-state index contributed by atoms with van der Waals surface area (Å²) in [5.74, 6) is -6.45. The lowest BCUT2D eigenvalue weighted by Crippen LogP contribution is -2.28. The molecule has 7 heteroatoms. The molecule has 156 valence electrons. The quantitative estimate of drug-likeness (QED) is 0.480. The number of unbranched alkanes of at least 4 members (excludes halogenated alkanes) is 1. The van der Waals surface area contributed by atoms with Gasteiger partial charge in [-0.05, 0) is 24.6 Å². The van der Waals surface area contributed by atoms with Gasteiger partial charge in [-0.25, -0.2) is 4.79 Å². The molecule has 1 aliphatic carbocycles. The van der Waals surface area contributed by atoms with E-state index in [0.29, 0.717) is 12.0 Å². The molecule has 0 aromatic heterocycles. The lowest BCUT2D eigenvalue weighted by Gasteiger charge is -2.20. The minimum absolute atomic E-state index is 0.111. The van der Waals surface area contributed by atoms with Gasteiger partial charge in [0.15, 0.2) is 0 Å². The van der Waals surface area contributed by atoms with Gasteiger partial charge >= 0.3 is 17.9 Å². The van der Waals surface area contributed by atoms with E-state index in [1.165, 1.54) is 6.08 Å². The van der Waals surface area contributed by atoms with Crippen LogP contribution in [0.1, 0.15) is 49.4 Å². The SMILES string of the molecule is CCCCC(F)(F)C(=O)C=C[C@H]1C(OC(=O)c2ccccc2)CC2OC(=O)C[C@@H]21. The van der Waals surface area contributed by atoms with Crippen molar-refractivity contribution in [1.29, 1.82) is 0 Å². The Hall–Kier alpha value is -2.57. The summed E-state index contributed by atoms with van der Waals surface area (Å²) in [6.45, 7) is 1.78. The zero-order valence-electron chi connectivity index (χ0n) is 16.2. The van der Waals surface area contributed by atoms with Crippen molar-refractivity contribution in [3.05, 3.63) is 48.0 Å². The van der Waals surface area contributed by atoms with Gasteiger partial charge in [0.1, 0.15) is 12.2 Å². The molecule has 1 saturated carbocycles. The number of halogens is 2. The number of carbonyl (C=O) groups is 3. The molecule has 1 heterocycles. The van der Waals surface area contributed by atoms with E-state index in [9.17, 15) is 23.2 Å². The van der Waals surface area contributed by atoms with Crippen molar-refractivity contribution >= 4 is 17.7 Å². The third-order valence-electron chi connectivity index (χ3n) is 5.49. The molecule has 5 nitrogen and oxygen atoms in total. The average Bonchev–Trinajstić information content (AvgIpc) is 3.20. The zero-order valence-corrected chi connectivity index (χ0v) is 16.2. The molecule has 29 heavy (non-hydrogen) atoms. The van der Waals surface area contributed by atoms with Crippen LogP contribution < -0.4 is 0 Å². The van der Waals surface area contributed by atoms with Crippen LogP contribution in [0, 0.1) is 11.8 Å². The van der Waals surface area contributed by atoms with Crippen LogP contribution >= 0.6 is 0 Å². The molecule has 4 atom stereocenters. The fourth-order valence-corrected chi connectivity index (χ4v) is 3.91. The minimum atomic E-state index is -3.43. The molecule has 0 spiro atoms. The molecule has 0 radical (unpaired) electrons. The third-order valence-corrected chi connectivity index (χ3v) is 5.49. The van der Waals surface area contributed by atoms with Crippen LogP contribution in [0.15, 0.2) is 42.5 Å². The van der Waals surface area contributed by atoms with Crippen LogP contribution in [0.3, 0.4) is 0 Å². The molecule has 0 bridgehead atoms. The highest BCUT2D eigenvalue weighted by Crippen LogP contribution is 2.43. The smallest absolute Gasteiger partial charge is 0.338 e. The van der Waals surface area contributed by atoms with Crippen molar-refractivity contribution in [2.75, 3.05) is 0 Å². The van der Waals surface area contributed by atoms with Gasteiger partial charge in [-0.2, -0.15) is 8.78 Å². The van der Waals surface area contributed by atoms with E-state index >= 15 is 0 Å². The Labute approximate surface area is 168 Å². The molecule has 0 amide bonds. The number of esters is 2. The van der Waals surface area contributed by atoms with E-state index in [1.54, 1.807) is 37.3 Å². The number of ether oxygens (including phenoxy) is 2. The predicted octanol–water partition coefficient (Wildman–Crippen LogP) is 4.11. The summed E-state index contributed by atoms with van der Waals surface area (Å²) < 4.78 is 38.8. The van der Waals surface area contributed by atoms with Crippen LogP contribution in [0.5, 0.6) is 0 Å². The Morgan fingerprint density at radius 2 is 2.00 bits per heavy atom. The Bertz CT molecular complexity index is 790. The molecular formula is C22H24F2O5. The molecule has 2 fully saturated rings. The van der Waals surface area contributed by atoms with Crippen LogP contribution in [0.25, 0.3) is 0 Å². The molecule has 1 aromatic rings. The van der Waals surface area contributed by atoms with Gasteiger partial charge in [-0.15, -0.1) is 0 Å². The van der Waals surface area contributed by atoms with Gasteiger partial charge in [0, 0.05) is 24.7 Å². The highest BCUT2D eigenvalue weighted by molar-refractivity contribution is 5.95. The van der Waals surface area contributed by atoms with Gasteiger partial charge < -0.3 is 9.47 Å². The van der Waals surface area contributed by atoms with Crippen molar-refractivity contribution in [3.63, 3.8) is 0 Å². The van der Waals surface area contributed by atoms with Crippen LogP contribution in [-0.2, 0) is 19.1 Å². The van der Waals surface area contributed by atoms with E-state index in [2.05, 4.69) is 0 Å². The topological polar surface area (TPSA) is 69.7 Å². The third kappa shape index (κ3) is 4.89. The summed E-state index contributed by atoms with van der Waals surface area (Å²) >= 11 is 0.